The van der Waals surface area contributed by atoms with Crippen LogP contribution in [0, 0.1) is 19.8 Å². The minimum Gasteiger partial charge on any atom is -0.337 e. The van der Waals surface area contributed by atoms with Gasteiger partial charge in [0.05, 0.1) is 16.6 Å². The van der Waals surface area contributed by atoms with Gasteiger partial charge < -0.3 is 9.80 Å². The monoisotopic (exact) mass is 331 g/mol. The van der Waals surface area contributed by atoms with E-state index in [2.05, 4.69) is 28.8 Å². The lowest BCUT2D eigenvalue weighted by molar-refractivity contribution is 0.0726. The molecular formula is C18H29N5O. The van der Waals surface area contributed by atoms with Crippen molar-refractivity contribution in [2.45, 2.75) is 27.7 Å². The maximum Gasteiger partial charge on any atom is 0.254 e. The van der Waals surface area contributed by atoms with Crippen molar-refractivity contribution in [1.29, 1.82) is 0 Å². The van der Waals surface area contributed by atoms with Crippen LogP contribution in [-0.4, -0.2) is 64.2 Å². The van der Waals surface area contributed by atoms with Crippen molar-refractivity contribution < 1.29 is 4.79 Å². The van der Waals surface area contributed by atoms with Crippen LogP contribution in [0.4, 0.5) is 0 Å². The Balaban J connectivity index is 2.47. The van der Waals surface area contributed by atoms with Crippen molar-refractivity contribution in [2.75, 3.05) is 33.7 Å². The number of carbonyl (C=O) groups excluding carboxylic acids is 1. The third kappa shape index (κ3) is 3.93. The number of carbonyl (C=O) groups is 1. The highest BCUT2D eigenvalue weighted by atomic mass is 16.2. The summed E-state index contributed by atoms with van der Waals surface area (Å²) in [5, 5.41) is 5.31. The van der Waals surface area contributed by atoms with Crippen LogP contribution in [-0.2, 0) is 7.05 Å². The number of amides is 1. The first-order chi connectivity index (χ1) is 11.2. The highest BCUT2D eigenvalue weighted by Gasteiger charge is 2.23. The Kier molecular flexibility index (Phi) is 5.59. The smallest absolute Gasteiger partial charge is 0.254 e. The zero-order valence-corrected chi connectivity index (χ0v) is 15.9. The molecule has 0 aliphatic rings. The fourth-order valence-electron chi connectivity index (χ4n) is 2.95. The fraction of sp³-hybridized carbons (Fsp3) is 0.611. The summed E-state index contributed by atoms with van der Waals surface area (Å²) in [7, 11) is 5.92. The van der Waals surface area contributed by atoms with E-state index in [4.69, 9.17) is 0 Å². The predicted octanol–water partition coefficient (Wildman–Crippen LogP) is 2.24. The van der Waals surface area contributed by atoms with Gasteiger partial charge in [-0.3, -0.25) is 9.48 Å². The molecule has 0 aromatic carbocycles. The van der Waals surface area contributed by atoms with Gasteiger partial charge in [0, 0.05) is 32.4 Å². The van der Waals surface area contributed by atoms with Crippen molar-refractivity contribution >= 4 is 16.9 Å². The summed E-state index contributed by atoms with van der Waals surface area (Å²) in [5.41, 5.74) is 3.17. The lowest BCUT2D eigenvalue weighted by Gasteiger charge is -2.26. The molecule has 0 saturated heterocycles. The van der Waals surface area contributed by atoms with E-state index in [-0.39, 0.29) is 5.91 Å². The van der Waals surface area contributed by atoms with Gasteiger partial charge in [-0.15, -0.1) is 0 Å². The van der Waals surface area contributed by atoms with Gasteiger partial charge in [-0.25, -0.2) is 4.98 Å². The Morgan fingerprint density at radius 3 is 2.50 bits per heavy atom. The number of rotatable bonds is 6. The highest BCUT2D eigenvalue weighted by Crippen LogP contribution is 2.23. The van der Waals surface area contributed by atoms with Crippen LogP contribution >= 0.6 is 0 Å². The molecule has 0 saturated carbocycles. The summed E-state index contributed by atoms with van der Waals surface area (Å²) < 4.78 is 1.75. The van der Waals surface area contributed by atoms with Crippen molar-refractivity contribution in [3.63, 3.8) is 0 Å². The van der Waals surface area contributed by atoms with Gasteiger partial charge in [-0.05, 0) is 39.9 Å². The molecule has 2 heterocycles. The maximum atomic E-state index is 13.3. The van der Waals surface area contributed by atoms with Crippen molar-refractivity contribution in [3.05, 3.63) is 23.0 Å². The topological polar surface area (TPSA) is 54.3 Å². The number of aryl methyl sites for hydroxylation is 3. The molecule has 0 radical (unpaired) electrons. The minimum absolute atomic E-state index is 0.0668. The van der Waals surface area contributed by atoms with Gasteiger partial charge in [0.1, 0.15) is 0 Å². The van der Waals surface area contributed by atoms with Gasteiger partial charge in [0.15, 0.2) is 5.65 Å². The second-order valence-corrected chi connectivity index (χ2v) is 7.17. The number of nitrogens with zero attached hydrogens (tertiary/aromatic N) is 5. The molecule has 0 atom stereocenters. The molecule has 1 amide bonds. The molecule has 0 bridgehead atoms. The first kappa shape index (κ1) is 18.4. The SMILES string of the molecule is Cc1cc(C(=O)N(CCN(C)C)CC(C)C)c2c(C)nn(C)c2n1. The molecule has 132 valence electrons. The second-order valence-electron chi connectivity index (χ2n) is 7.17. The van der Waals surface area contributed by atoms with Crippen molar-refractivity contribution in [2.24, 2.45) is 13.0 Å². The van der Waals surface area contributed by atoms with Gasteiger partial charge >= 0.3 is 0 Å². The van der Waals surface area contributed by atoms with E-state index >= 15 is 0 Å². The van der Waals surface area contributed by atoms with E-state index in [1.807, 2.05) is 46.0 Å². The van der Waals surface area contributed by atoms with Gasteiger partial charge in [0.25, 0.3) is 5.91 Å². The van der Waals surface area contributed by atoms with E-state index in [0.29, 0.717) is 18.0 Å². The number of aromatic nitrogens is 3. The van der Waals surface area contributed by atoms with Crippen LogP contribution in [0.25, 0.3) is 11.0 Å². The fourth-order valence-corrected chi connectivity index (χ4v) is 2.95. The standard InChI is InChI=1S/C18H29N5O/c1-12(2)11-23(9-8-21(5)6)18(24)15-10-13(3)19-17-16(15)14(4)20-22(17)7/h10,12H,8-9,11H2,1-7H3. The molecule has 6 heteroatoms. The summed E-state index contributed by atoms with van der Waals surface area (Å²) in [6.45, 7) is 10.4. The van der Waals surface area contributed by atoms with Gasteiger partial charge in [-0.2, -0.15) is 5.10 Å². The molecule has 0 unspecified atom stereocenters. The van der Waals surface area contributed by atoms with E-state index in [0.717, 1.165) is 35.5 Å². The molecular weight excluding hydrogens is 302 g/mol. The lowest BCUT2D eigenvalue weighted by Crippen LogP contribution is -2.39. The number of hydrogen-bond acceptors (Lipinski definition) is 4. The first-order valence-corrected chi connectivity index (χ1v) is 8.45. The molecule has 6 nitrogen and oxygen atoms in total. The molecule has 0 spiro atoms. The molecule has 24 heavy (non-hydrogen) atoms. The summed E-state index contributed by atoms with van der Waals surface area (Å²) in [5.74, 6) is 0.488. The second kappa shape index (κ2) is 7.30. The Morgan fingerprint density at radius 1 is 1.25 bits per heavy atom. The third-order valence-electron chi connectivity index (χ3n) is 4.02. The first-order valence-electron chi connectivity index (χ1n) is 8.45. The highest BCUT2D eigenvalue weighted by molar-refractivity contribution is 6.06. The average molecular weight is 331 g/mol. The van der Waals surface area contributed by atoms with Crippen molar-refractivity contribution in [3.8, 4) is 0 Å². The van der Waals surface area contributed by atoms with E-state index < -0.39 is 0 Å². The van der Waals surface area contributed by atoms with Gasteiger partial charge in [0.2, 0.25) is 0 Å². The zero-order chi connectivity index (χ0) is 18.0. The van der Waals surface area contributed by atoms with E-state index in [1.54, 1.807) is 4.68 Å². The summed E-state index contributed by atoms with van der Waals surface area (Å²) in [6, 6.07) is 1.89. The maximum absolute atomic E-state index is 13.3. The van der Waals surface area contributed by atoms with Crippen LogP contribution in [0.3, 0.4) is 0 Å². The molecule has 0 aliphatic carbocycles. The van der Waals surface area contributed by atoms with Crippen LogP contribution in [0.1, 0.15) is 35.6 Å². The van der Waals surface area contributed by atoms with Crippen LogP contribution in [0.15, 0.2) is 6.07 Å². The summed E-state index contributed by atoms with van der Waals surface area (Å²) in [6.07, 6.45) is 0. The molecule has 0 aliphatic heterocycles. The molecule has 2 rings (SSSR count). The third-order valence-corrected chi connectivity index (χ3v) is 4.02. The predicted molar refractivity (Wildman–Crippen MR) is 97.3 cm³/mol. The van der Waals surface area contributed by atoms with Crippen LogP contribution in [0.2, 0.25) is 0 Å². The summed E-state index contributed by atoms with van der Waals surface area (Å²) in [4.78, 5) is 21.9. The quantitative estimate of drug-likeness (QED) is 0.815. The molecule has 0 fully saturated rings. The Bertz CT molecular complexity index is 733. The molecule has 2 aromatic heterocycles. The lowest BCUT2D eigenvalue weighted by atomic mass is 10.1. The zero-order valence-electron chi connectivity index (χ0n) is 15.9. The van der Waals surface area contributed by atoms with E-state index in [1.165, 1.54) is 0 Å². The van der Waals surface area contributed by atoms with Crippen molar-refractivity contribution in [1.82, 2.24) is 24.6 Å². The number of pyridine rings is 1. The number of fused-ring (bicyclic) bond motifs is 1. The Labute approximate surface area is 144 Å². The van der Waals surface area contributed by atoms with E-state index in [9.17, 15) is 4.79 Å². The molecule has 2 aromatic rings. The normalized spacial score (nSPS) is 11.7. The van der Waals surface area contributed by atoms with Crippen LogP contribution < -0.4 is 0 Å². The average Bonchev–Trinajstić information content (AvgIpc) is 2.76. The summed E-state index contributed by atoms with van der Waals surface area (Å²) >= 11 is 0. The largest absolute Gasteiger partial charge is 0.337 e. The van der Waals surface area contributed by atoms with Gasteiger partial charge in [-0.1, -0.05) is 13.8 Å². The Hall–Kier alpha value is -1.95. The number of hydrogen-bond donors (Lipinski definition) is 0. The Morgan fingerprint density at radius 2 is 1.92 bits per heavy atom. The minimum atomic E-state index is 0.0668. The number of likely N-dealkylation sites (N-methyl/N-ethyl adjacent to an activating group) is 1. The van der Waals surface area contributed by atoms with Crippen LogP contribution in [0.5, 0.6) is 0 Å². The molecule has 0 N–H and O–H groups in total.